The maximum atomic E-state index is 13.2. The van der Waals surface area contributed by atoms with Crippen molar-refractivity contribution in [1.82, 2.24) is 4.98 Å². The van der Waals surface area contributed by atoms with Crippen molar-refractivity contribution in [3.63, 3.8) is 0 Å². The van der Waals surface area contributed by atoms with Gasteiger partial charge in [0, 0.05) is 46.3 Å². The maximum Gasteiger partial charge on any atom is 0.490 e. The molecule has 7 nitrogen and oxygen atoms in total. The molecule has 0 saturated carbocycles. The van der Waals surface area contributed by atoms with Crippen molar-refractivity contribution >= 4 is 60.5 Å². The van der Waals surface area contributed by atoms with Crippen molar-refractivity contribution in [3.8, 4) is 11.1 Å². The monoisotopic (exact) mass is 599 g/mol. The largest absolute Gasteiger partial charge is 0.490 e. The van der Waals surface area contributed by atoms with Crippen molar-refractivity contribution in [3.05, 3.63) is 70.2 Å². The van der Waals surface area contributed by atoms with Crippen molar-refractivity contribution < 1.29 is 31.5 Å². The fourth-order valence-corrected chi connectivity index (χ4v) is 6.05. The van der Waals surface area contributed by atoms with Gasteiger partial charge in [-0.2, -0.15) is 13.2 Å². The molecule has 0 bridgehead atoms. The molecular formula is C26H25ClF3N3O4S2. The van der Waals surface area contributed by atoms with Gasteiger partial charge >= 0.3 is 12.1 Å². The molecular weight excluding hydrogens is 575 g/mol. The number of pyridine rings is 1. The number of carbonyl (C=O) groups is 1. The Labute approximate surface area is 232 Å². The SMILES string of the molecule is CCc1sc2nc(C)cc(NS(=O)(=O)c3ccc(Cl)cc3)c2c1-c1cccc(N(C)C)c1.O=C(O)C(F)(F)F. The number of benzene rings is 2. The Balaban J connectivity index is 0.000000532. The van der Waals surface area contributed by atoms with Crippen LogP contribution in [0.15, 0.2) is 59.5 Å². The lowest BCUT2D eigenvalue weighted by Gasteiger charge is -2.15. The molecule has 4 aromatic rings. The van der Waals surface area contributed by atoms with E-state index >= 15 is 0 Å². The average molecular weight is 600 g/mol. The molecule has 2 heterocycles. The molecule has 0 spiro atoms. The summed E-state index contributed by atoms with van der Waals surface area (Å²) in [5.41, 5.74) is 4.43. The molecule has 2 aromatic carbocycles. The van der Waals surface area contributed by atoms with E-state index in [-0.39, 0.29) is 4.90 Å². The summed E-state index contributed by atoms with van der Waals surface area (Å²) in [6, 6.07) is 16.2. The van der Waals surface area contributed by atoms with Crippen LogP contribution in [-0.4, -0.2) is 44.7 Å². The summed E-state index contributed by atoms with van der Waals surface area (Å²) in [5, 5.41) is 8.44. The van der Waals surface area contributed by atoms with E-state index in [1.54, 1.807) is 29.5 Å². The van der Waals surface area contributed by atoms with E-state index in [1.165, 1.54) is 17.0 Å². The van der Waals surface area contributed by atoms with E-state index in [1.807, 2.05) is 27.1 Å². The molecule has 39 heavy (non-hydrogen) atoms. The number of sulfonamides is 1. The molecule has 4 rings (SSSR count). The van der Waals surface area contributed by atoms with Gasteiger partial charge in [0.05, 0.1) is 10.6 Å². The molecule has 0 aliphatic carbocycles. The highest BCUT2D eigenvalue weighted by Gasteiger charge is 2.38. The van der Waals surface area contributed by atoms with Crippen LogP contribution in [0.5, 0.6) is 0 Å². The van der Waals surface area contributed by atoms with E-state index in [0.717, 1.165) is 39.1 Å². The molecule has 0 radical (unpaired) electrons. The van der Waals surface area contributed by atoms with Gasteiger partial charge in [0.1, 0.15) is 4.83 Å². The number of aromatic nitrogens is 1. The summed E-state index contributed by atoms with van der Waals surface area (Å²) in [5.74, 6) is -2.76. The van der Waals surface area contributed by atoms with Crippen LogP contribution in [0.1, 0.15) is 17.5 Å². The Kier molecular flexibility index (Phi) is 9.14. The van der Waals surface area contributed by atoms with Gasteiger partial charge in [-0.25, -0.2) is 18.2 Å². The van der Waals surface area contributed by atoms with Gasteiger partial charge in [-0.05, 0) is 61.4 Å². The highest BCUT2D eigenvalue weighted by Crippen LogP contribution is 2.43. The smallest absolute Gasteiger partial charge is 0.475 e. The number of fused-ring (bicyclic) bond motifs is 1. The van der Waals surface area contributed by atoms with Crippen LogP contribution in [0.4, 0.5) is 24.5 Å². The van der Waals surface area contributed by atoms with Crippen LogP contribution in [0.25, 0.3) is 21.3 Å². The molecule has 0 fully saturated rings. The topological polar surface area (TPSA) is 99.6 Å². The number of aliphatic carboxylic acids is 1. The van der Waals surface area contributed by atoms with E-state index < -0.39 is 22.2 Å². The predicted molar refractivity (Wildman–Crippen MR) is 149 cm³/mol. The Bertz CT molecular complexity index is 1600. The number of anilines is 2. The molecule has 0 unspecified atom stereocenters. The van der Waals surface area contributed by atoms with Crippen LogP contribution in [-0.2, 0) is 21.2 Å². The summed E-state index contributed by atoms with van der Waals surface area (Å²) in [7, 11) is 0.208. The number of aryl methyl sites for hydroxylation is 2. The Hall–Kier alpha value is -3.35. The number of nitrogens with zero attached hydrogens (tertiary/aromatic N) is 2. The first-order chi connectivity index (χ1) is 18.1. The molecule has 0 aliphatic heterocycles. The lowest BCUT2D eigenvalue weighted by molar-refractivity contribution is -0.192. The van der Waals surface area contributed by atoms with E-state index in [0.29, 0.717) is 10.7 Å². The highest BCUT2D eigenvalue weighted by molar-refractivity contribution is 7.92. The number of thiophene rings is 1. The molecule has 0 amide bonds. The predicted octanol–water partition coefficient (Wildman–Crippen LogP) is 6.99. The summed E-state index contributed by atoms with van der Waals surface area (Å²) >= 11 is 7.55. The van der Waals surface area contributed by atoms with Gasteiger partial charge in [-0.3, -0.25) is 4.72 Å². The molecule has 2 N–H and O–H groups in total. The van der Waals surface area contributed by atoms with E-state index in [4.69, 9.17) is 26.5 Å². The first-order valence-corrected chi connectivity index (χ1v) is 14.1. The third kappa shape index (κ3) is 7.20. The van der Waals surface area contributed by atoms with Gasteiger partial charge < -0.3 is 10.0 Å². The number of carboxylic acid groups (broad SMARTS) is 1. The van der Waals surface area contributed by atoms with Gasteiger partial charge in [0.25, 0.3) is 10.0 Å². The second-order valence-electron chi connectivity index (χ2n) is 8.55. The van der Waals surface area contributed by atoms with E-state index in [2.05, 4.69) is 34.7 Å². The zero-order valence-corrected chi connectivity index (χ0v) is 23.7. The summed E-state index contributed by atoms with van der Waals surface area (Å²) < 4.78 is 60.9. The first kappa shape index (κ1) is 30.2. The number of hydrogen-bond donors (Lipinski definition) is 2. The second-order valence-corrected chi connectivity index (χ2v) is 11.8. The minimum Gasteiger partial charge on any atom is -0.475 e. The summed E-state index contributed by atoms with van der Waals surface area (Å²) in [6.07, 6.45) is -4.26. The van der Waals surface area contributed by atoms with Crippen LogP contribution in [0.3, 0.4) is 0 Å². The van der Waals surface area contributed by atoms with Crippen molar-refractivity contribution in [2.24, 2.45) is 0 Å². The second kappa shape index (κ2) is 11.8. The van der Waals surface area contributed by atoms with Crippen molar-refractivity contribution in [1.29, 1.82) is 0 Å². The number of halogens is 4. The number of rotatable bonds is 6. The molecule has 2 aromatic heterocycles. The van der Waals surface area contributed by atoms with Gasteiger partial charge in [0.2, 0.25) is 0 Å². The molecule has 0 atom stereocenters. The third-order valence-corrected chi connectivity index (χ3v) is 8.31. The fourth-order valence-electron chi connectivity index (χ4n) is 3.66. The highest BCUT2D eigenvalue weighted by atomic mass is 35.5. The van der Waals surface area contributed by atoms with Crippen LogP contribution < -0.4 is 9.62 Å². The lowest BCUT2D eigenvalue weighted by Crippen LogP contribution is -2.21. The first-order valence-electron chi connectivity index (χ1n) is 11.4. The number of nitrogens with one attached hydrogen (secondary N) is 1. The zero-order valence-electron chi connectivity index (χ0n) is 21.3. The minimum atomic E-state index is -5.08. The third-order valence-electron chi connectivity index (χ3n) is 5.45. The number of alkyl halides is 3. The Morgan fingerprint density at radius 3 is 2.28 bits per heavy atom. The minimum absolute atomic E-state index is 0.159. The average Bonchev–Trinajstić information content (AvgIpc) is 3.22. The van der Waals surface area contributed by atoms with Gasteiger partial charge in [-0.15, -0.1) is 11.3 Å². The summed E-state index contributed by atoms with van der Waals surface area (Å²) in [6.45, 7) is 3.98. The van der Waals surface area contributed by atoms with Crippen molar-refractivity contribution in [2.45, 2.75) is 31.3 Å². The molecule has 13 heteroatoms. The van der Waals surface area contributed by atoms with Crippen LogP contribution in [0.2, 0.25) is 5.02 Å². The molecule has 0 saturated heterocycles. The maximum absolute atomic E-state index is 13.2. The van der Waals surface area contributed by atoms with E-state index in [9.17, 15) is 21.6 Å². The van der Waals surface area contributed by atoms with Crippen LogP contribution in [0, 0.1) is 6.92 Å². The number of carboxylic acids is 1. The van der Waals surface area contributed by atoms with Crippen LogP contribution >= 0.6 is 22.9 Å². The zero-order chi connectivity index (χ0) is 29.1. The standard InChI is InChI=1S/C24H24ClN3O2S2.C2HF3O2/c1-5-21-22(16-7-6-8-18(14-16)28(3)4)23-20(13-15(2)26-24(23)31-21)27-32(29,30)19-11-9-17(25)10-12-19;3-2(4,5)1(6)7/h6-14H,5H2,1-4H3,(H,26,27);(H,6,7). The molecule has 0 aliphatic rings. The number of hydrogen-bond acceptors (Lipinski definition) is 6. The Morgan fingerprint density at radius 1 is 1.13 bits per heavy atom. The lowest BCUT2D eigenvalue weighted by atomic mass is 10.00. The molecule has 208 valence electrons. The van der Waals surface area contributed by atoms with Gasteiger partial charge in [0.15, 0.2) is 0 Å². The van der Waals surface area contributed by atoms with Crippen molar-refractivity contribution in [2.75, 3.05) is 23.7 Å². The normalized spacial score (nSPS) is 11.6. The Morgan fingerprint density at radius 2 is 1.74 bits per heavy atom. The van der Waals surface area contributed by atoms with Gasteiger partial charge in [-0.1, -0.05) is 30.7 Å². The quantitative estimate of drug-likeness (QED) is 0.248. The summed E-state index contributed by atoms with van der Waals surface area (Å²) in [4.78, 5) is 17.8. The fraction of sp³-hybridized carbons (Fsp3) is 0.231.